The van der Waals surface area contributed by atoms with Crippen molar-refractivity contribution in [2.24, 2.45) is 11.0 Å². The van der Waals surface area contributed by atoms with Crippen molar-refractivity contribution in [2.45, 2.75) is 32.6 Å². The molecule has 3 rings (SSSR count). The van der Waals surface area contributed by atoms with E-state index >= 15 is 0 Å². The monoisotopic (exact) mass is 318 g/mol. The molecule has 0 aliphatic carbocycles. The van der Waals surface area contributed by atoms with Crippen LogP contribution in [0.4, 0.5) is 11.8 Å². The number of ether oxygens (including phenoxy) is 2. The highest BCUT2D eigenvalue weighted by Crippen LogP contribution is 2.25. The standard InChI is InChI=1S/C13H18N8O2/c1-13(2)22-5-8(6-23-13)3-4-21-7-16-9-10(19-20-15)17-12(14)18-11(9)21/h7-8H,3-6H2,1-2H3,(H2,14,17,18). The maximum Gasteiger partial charge on any atom is 0.222 e. The highest BCUT2D eigenvalue weighted by molar-refractivity contribution is 5.82. The van der Waals surface area contributed by atoms with E-state index in [9.17, 15) is 0 Å². The lowest BCUT2D eigenvalue weighted by Crippen LogP contribution is -2.39. The third-order valence-corrected chi connectivity index (χ3v) is 3.71. The van der Waals surface area contributed by atoms with Gasteiger partial charge in [0.05, 0.1) is 19.5 Å². The summed E-state index contributed by atoms with van der Waals surface area (Å²) < 4.78 is 13.2. The van der Waals surface area contributed by atoms with Crippen LogP contribution in [0.15, 0.2) is 11.4 Å². The molecule has 0 amide bonds. The first-order valence-electron chi connectivity index (χ1n) is 7.30. The first kappa shape index (κ1) is 15.5. The van der Waals surface area contributed by atoms with Crippen molar-refractivity contribution in [3.05, 3.63) is 16.8 Å². The van der Waals surface area contributed by atoms with Crippen molar-refractivity contribution in [2.75, 3.05) is 18.9 Å². The minimum Gasteiger partial charge on any atom is -0.368 e. The molecule has 10 heteroatoms. The minimum atomic E-state index is -0.510. The van der Waals surface area contributed by atoms with Crippen LogP contribution in [0.1, 0.15) is 20.3 Å². The zero-order chi connectivity index (χ0) is 16.4. The number of imidazole rings is 1. The number of nitrogens with two attached hydrogens (primary N) is 1. The minimum absolute atomic E-state index is 0.0488. The summed E-state index contributed by atoms with van der Waals surface area (Å²) >= 11 is 0. The number of aryl methyl sites for hydroxylation is 1. The van der Waals surface area contributed by atoms with E-state index in [2.05, 4.69) is 25.0 Å². The Kier molecular flexibility index (Phi) is 4.03. The van der Waals surface area contributed by atoms with Gasteiger partial charge in [-0.1, -0.05) is 0 Å². The van der Waals surface area contributed by atoms with Gasteiger partial charge in [0, 0.05) is 17.4 Å². The number of anilines is 1. The van der Waals surface area contributed by atoms with E-state index in [1.807, 2.05) is 18.4 Å². The number of nitrogens with zero attached hydrogens (tertiary/aromatic N) is 7. The Morgan fingerprint density at radius 2 is 2.17 bits per heavy atom. The molecule has 23 heavy (non-hydrogen) atoms. The lowest BCUT2D eigenvalue weighted by Gasteiger charge is -2.35. The molecule has 0 bridgehead atoms. The van der Waals surface area contributed by atoms with Gasteiger partial charge in [0.25, 0.3) is 0 Å². The largest absolute Gasteiger partial charge is 0.368 e. The second-order valence-corrected chi connectivity index (χ2v) is 5.88. The number of nitrogen functional groups attached to an aromatic ring is 1. The van der Waals surface area contributed by atoms with Gasteiger partial charge in [0.1, 0.15) is 5.52 Å². The first-order chi connectivity index (χ1) is 11.0. The van der Waals surface area contributed by atoms with Gasteiger partial charge in [0.15, 0.2) is 17.3 Å². The van der Waals surface area contributed by atoms with Crippen molar-refractivity contribution in [1.82, 2.24) is 19.5 Å². The molecule has 10 nitrogen and oxygen atoms in total. The molecule has 2 aromatic heterocycles. The summed E-state index contributed by atoms with van der Waals surface area (Å²) in [6, 6.07) is 0. The summed E-state index contributed by atoms with van der Waals surface area (Å²) in [7, 11) is 0. The third kappa shape index (κ3) is 3.34. The summed E-state index contributed by atoms with van der Waals surface area (Å²) in [6.07, 6.45) is 2.49. The Balaban J connectivity index is 1.75. The molecule has 2 N–H and O–H groups in total. The highest BCUT2D eigenvalue weighted by Gasteiger charge is 2.28. The molecule has 0 unspecified atom stereocenters. The number of fused-ring (bicyclic) bond motifs is 1. The van der Waals surface area contributed by atoms with Crippen LogP contribution in [0, 0.1) is 5.92 Å². The Morgan fingerprint density at radius 1 is 1.43 bits per heavy atom. The van der Waals surface area contributed by atoms with E-state index in [1.54, 1.807) is 6.33 Å². The third-order valence-electron chi connectivity index (χ3n) is 3.71. The van der Waals surface area contributed by atoms with Crippen LogP contribution >= 0.6 is 0 Å². The predicted octanol–water partition coefficient (Wildman–Crippen LogP) is 2.14. The summed E-state index contributed by atoms with van der Waals surface area (Å²) in [6.45, 7) is 5.80. The topological polar surface area (TPSA) is 137 Å². The predicted molar refractivity (Wildman–Crippen MR) is 82.6 cm³/mol. The van der Waals surface area contributed by atoms with Gasteiger partial charge in [0.2, 0.25) is 5.95 Å². The second-order valence-electron chi connectivity index (χ2n) is 5.88. The Morgan fingerprint density at radius 3 is 2.87 bits per heavy atom. The van der Waals surface area contributed by atoms with E-state index in [0.29, 0.717) is 36.8 Å². The molecule has 0 spiro atoms. The number of azide groups is 1. The van der Waals surface area contributed by atoms with Crippen molar-refractivity contribution in [3.8, 4) is 0 Å². The normalized spacial score (nSPS) is 18.0. The smallest absolute Gasteiger partial charge is 0.222 e. The number of aromatic nitrogens is 4. The number of rotatable bonds is 4. The fraction of sp³-hybridized carbons (Fsp3) is 0.615. The summed E-state index contributed by atoms with van der Waals surface area (Å²) in [5.41, 5.74) is 15.2. The molecule has 2 aromatic rings. The van der Waals surface area contributed by atoms with Crippen molar-refractivity contribution in [3.63, 3.8) is 0 Å². The van der Waals surface area contributed by atoms with Gasteiger partial charge in [-0.25, -0.2) is 9.97 Å². The molecule has 1 fully saturated rings. The van der Waals surface area contributed by atoms with Gasteiger partial charge in [-0.05, 0) is 30.9 Å². The quantitative estimate of drug-likeness (QED) is 0.521. The molecule has 1 aliphatic rings. The maximum absolute atomic E-state index is 8.59. The van der Waals surface area contributed by atoms with E-state index in [-0.39, 0.29) is 11.8 Å². The SMILES string of the molecule is CC1(C)OCC(CCn2cnc3c(N=[N+]=[N-])nc(N)nc32)CO1. The van der Waals surface area contributed by atoms with Crippen LogP contribution in [-0.4, -0.2) is 38.5 Å². The molecule has 122 valence electrons. The van der Waals surface area contributed by atoms with Crippen LogP contribution in [0.2, 0.25) is 0 Å². The van der Waals surface area contributed by atoms with E-state index in [1.165, 1.54) is 0 Å². The average molecular weight is 318 g/mol. The second kappa shape index (κ2) is 5.99. The van der Waals surface area contributed by atoms with E-state index in [0.717, 1.165) is 6.42 Å². The van der Waals surface area contributed by atoms with Crippen molar-refractivity contribution in [1.29, 1.82) is 0 Å². The molecule has 0 atom stereocenters. The fourth-order valence-corrected chi connectivity index (χ4v) is 2.44. The van der Waals surface area contributed by atoms with Crippen molar-refractivity contribution < 1.29 is 9.47 Å². The molecule has 1 saturated heterocycles. The van der Waals surface area contributed by atoms with Gasteiger partial charge in [-0.15, -0.1) is 0 Å². The van der Waals surface area contributed by atoms with Crippen LogP contribution in [0.5, 0.6) is 0 Å². The Bertz CT molecular complexity index is 755. The van der Waals surface area contributed by atoms with E-state index < -0.39 is 5.79 Å². The summed E-state index contributed by atoms with van der Waals surface area (Å²) in [5, 5.41) is 3.51. The fourth-order valence-electron chi connectivity index (χ4n) is 2.44. The van der Waals surface area contributed by atoms with Crippen LogP contribution in [-0.2, 0) is 16.0 Å². The lowest BCUT2D eigenvalue weighted by molar-refractivity contribution is -0.262. The molecular weight excluding hydrogens is 300 g/mol. The average Bonchev–Trinajstić information content (AvgIpc) is 2.89. The first-order valence-corrected chi connectivity index (χ1v) is 7.30. The lowest BCUT2D eigenvalue weighted by atomic mass is 10.1. The van der Waals surface area contributed by atoms with Gasteiger partial charge in [-0.2, -0.15) is 4.98 Å². The van der Waals surface area contributed by atoms with Crippen LogP contribution in [0.3, 0.4) is 0 Å². The zero-order valence-corrected chi connectivity index (χ0v) is 13.0. The molecule has 0 saturated carbocycles. The van der Waals surface area contributed by atoms with Gasteiger partial charge < -0.3 is 19.8 Å². The molecule has 1 aliphatic heterocycles. The Labute approximate surface area is 132 Å². The summed E-state index contributed by atoms with van der Waals surface area (Å²) in [4.78, 5) is 15.0. The molecular formula is C13H18N8O2. The Hall–Kier alpha value is -2.42. The molecule has 0 aromatic carbocycles. The summed E-state index contributed by atoms with van der Waals surface area (Å²) in [5.74, 6) is -0.0202. The maximum atomic E-state index is 8.59. The van der Waals surface area contributed by atoms with Crippen LogP contribution < -0.4 is 5.73 Å². The van der Waals surface area contributed by atoms with Crippen LogP contribution in [0.25, 0.3) is 21.6 Å². The number of hydrogen-bond acceptors (Lipinski definition) is 7. The van der Waals surface area contributed by atoms with Crippen molar-refractivity contribution >= 4 is 22.9 Å². The zero-order valence-electron chi connectivity index (χ0n) is 13.0. The van der Waals surface area contributed by atoms with E-state index in [4.69, 9.17) is 20.7 Å². The molecule has 3 heterocycles. The highest BCUT2D eigenvalue weighted by atomic mass is 16.7. The molecule has 0 radical (unpaired) electrons. The number of hydrogen-bond donors (Lipinski definition) is 1. The van der Waals surface area contributed by atoms with Gasteiger partial charge >= 0.3 is 0 Å². The van der Waals surface area contributed by atoms with Gasteiger partial charge in [-0.3, -0.25) is 0 Å².